The smallest absolute Gasteiger partial charge is 0.251 e. The zero-order valence-electron chi connectivity index (χ0n) is 14.3. The lowest BCUT2D eigenvalue weighted by molar-refractivity contribution is 0.0951. The molecule has 0 aliphatic rings. The van der Waals surface area contributed by atoms with Gasteiger partial charge in [-0.3, -0.25) is 4.79 Å². The SMILES string of the molecule is CO/N=C/c1ccc(C(=O)NCC(C)N(C)c2ccccc2)cc1. The molecule has 0 fully saturated rings. The number of oxime groups is 1. The van der Waals surface area contributed by atoms with E-state index in [2.05, 4.69) is 39.3 Å². The van der Waals surface area contributed by atoms with Crippen LogP contribution < -0.4 is 10.2 Å². The van der Waals surface area contributed by atoms with Crippen LogP contribution in [-0.4, -0.2) is 38.9 Å². The van der Waals surface area contributed by atoms with Gasteiger partial charge in [-0.05, 0) is 36.8 Å². The molecule has 0 saturated heterocycles. The molecular formula is C19H23N3O2. The van der Waals surface area contributed by atoms with Gasteiger partial charge in [0.1, 0.15) is 7.11 Å². The molecule has 126 valence electrons. The van der Waals surface area contributed by atoms with Crippen LogP contribution in [0.4, 0.5) is 5.69 Å². The molecule has 2 rings (SSSR count). The lowest BCUT2D eigenvalue weighted by Gasteiger charge is -2.27. The zero-order chi connectivity index (χ0) is 17.4. The predicted molar refractivity (Wildman–Crippen MR) is 97.7 cm³/mol. The number of nitrogens with zero attached hydrogens (tertiary/aromatic N) is 2. The van der Waals surface area contributed by atoms with Crippen LogP contribution >= 0.6 is 0 Å². The average Bonchev–Trinajstić information content (AvgIpc) is 2.64. The summed E-state index contributed by atoms with van der Waals surface area (Å²) in [5.41, 5.74) is 2.63. The first-order chi connectivity index (χ1) is 11.6. The Hall–Kier alpha value is -2.82. The van der Waals surface area contributed by atoms with Crippen molar-refractivity contribution in [1.82, 2.24) is 5.32 Å². The van der Waals surface area contributed by atoms with Crippen molar-refractivity contribution in [3.05, 3.63) is 65.7 Å². The van der Waals surface area contributed by atoms with Crippen molar-refractivity contribution >= 4 is 17.8 Å². The van der Waals surface area contributed by atoms with Crippen molar-refractivity contribution in [3.8, 4) is 0 Å². The summed E-state index contributed by atoms with van der Waals surface area (Å²) in [6.45, 7) is 2.65. The van der Waals surface area contributed by atoms with Gasteiger partial charge in [-0.25, -0.2) is 0 Å². The molecule has 24 heavy (non-hydrogen) atoms. The van der Waals surface area contributed by atoms with Crippen molar-refractivity contribution < 1.29 is 9.63 Å². The molecule has 0 saturated carbocycles. The van der Waals surface area contributed by atoms with Gasteiger partial charge in [0, 0.05) is 30.9 Å². The van der Waals surface area contributed by atoms with E-state index in [0.29, 0.717) is 12.1 Å². The van der Waals surface area contributed by atoms with Gasteiger partial charge in [0.2, 0.25) is 0 Å². The van der Waals surface area contributed by atoms with E-state index < -0.39 is 0 Å². The van der Waals surface area contributed by atoms with Crippen LogP contribution in [0.15, 0.2) is 59.8 Å². The standard InChI is InChI=1S/C19H23N3O2/c1-15(22(2)18-7-5-4-6-8-18)13-20-19(23)17-11-9-16(10-12-17)14-21-24-3/h4-12,14-15H,13H2,1-3H3,(H,20,23)/b21-14+. The highest BCUT2D eigenvalue weighted by Gasteiger charge is 2.12. The van der Waals surface area contributed by atoms with Crippen LogP contribution in [0.2, 0.25) is 0 Å². The summed E-state index contributed by atoms with van der Waals surface area (Å²) < 4.78 is 0. The van der Waals surface area contributed by atoms with Crippen molar-refractivity contribution in [3.63, 3.8) is 0 Å². The molecule has 0 aliphatic heterocycles. The third-order valence-corrected chi connectivity index (χ3v) is 3.86. The fourth-order valence-electron chi connectivity index (χ4n) is 2.23. The van der Waals surface area contributed by atoms with Crippen molar-refractivity contribution in [2.45, 2.75) is 13.0 Å². The zero-order valence-corrected chi connectivity index (χ0v) is 14.3. The van der Waals surface area contributed by atoms with Gasteiger partial charge in [-0.2, -0.15) is 0 Å². The number of amides is 1. The number of para-hydroxylation sites is 1. The number of carbonyl (C=O) groups is 1. The fourth-order valence-corrected chi connectivity index (χ4v) is 2.23. The first-order valence-electron chi connectivity index (χ1n) is 7.84. The van der Waals surface area contributed by atoms with Gasteiger partial charge >= 0.3 is 0 Å². The van der Waals surface area contributed by atoms with Gasteiger partial charge in [-0.15, -0.1) is 0 Å². The van der Waals surface area contributed by atoms with Gasteiger partial charge in [0.25, 0.3) is 5.91 Å². The summed E-state index contributed by atoms with van der Waals surface area (Å²) in [7, 11) is 3.52. The molecule has 1 unspecified atom stereocenters. The van der Waals surface area contributed by atoms with E-state index in [1.807, 2.05) is 37.4 Å². The van der Waals surface area contributed by atoms with E-state index in [4.69, 9.17) is 0 Å². The van der Waals surface area contributed by atoms with Crippen LogP contribution in [0.5, 0.6) is 0 Å². The second-order valence-electron chi connectivity index (χ2n) is 5.54. The topological polar surface area (TPSA) is 53.9 Å². The molecule has 0 bridgehead atoms. The van der Waals surface area contributed by atoms with Crippen molar-refractivity contribution in [2.75, 3.05) is 25.6 Å². The minimum atomic E-state index is -0.0847. The minimum Gasteiger partial charge on any atom is -0.399 e. The molecule has 0 heterocycles. The molecule has 2 aromatic carbocycles. The largest absolute Gasteiger partial charge is 0.399 e. The third-order valence-electron chi connectivity index (χ3n) is 3.86. The predicted octanol–water partition coefficient (Wildman–Crippen LogP) is 2.92. The van der Waals surface area contributed by atoms with Crippen LogP contribution in [0.25, 0.3) is 0 Å². The molecule has 1 amide bonds. The van der Waals surface area contributed by atoms with E-state index in [9.17, 15) is 4.79 Å². The Balaban J connectivity index is 1.89. The first kappa shape index (κ1) is 17.5. The number of carbonyl (C=O) groups excluding carboxylic acids is 1. The van der Waals surface area contributed by atoms with E-state index >= 15 is 0 Å². The second-order valence-corrected chi connectivity index (χ2v) is 5.54. The molecule has 1 atom stereocenters. The molecule has 5 heteroatoms. The van der Waals surface area contributed by atoms with Gasteiger partial charge in [0.15, 0.2) is 0 Å². The quantitative estimate of drug-likeness (QED) is 0.629. The van der Waals surface area contributed by atoms with E-state index in [1.54, 1.807) is 18.3 Å². The molecule has 0 aliphatic carbocycles. The number of hydrogen-bond acceptors (Lipinski definition) is 4. The number of nitrogens with one attached hydrogen (secondary N) is 1. The van der Waals surface area contributed by atoms with Crippen molar-refractivity contribution in [2.24, 2.45) is 5.16 Å². The Morgan fingerprint density at radius 1 is 1.21 bits per heavy atom. The Morgan fingerprint density at radius 2 is 1.88 bits per heavy atom. The van der Waals surface area contributed by atoms with Crippen LogP contribution in [0.1, 0.15) is 22.8 Å². The maximum atomic E-state index is 12.2. The number of anilines is 1. The molecule has 0 aromatic heterocycles. The summed E-state index contributed by atoms with van der Waals surface area (Å²) in [6, 6.07) is 17.5. The first-order valence-corrected chi connectivity index (χ1v) is 7.84. The third kappa shape index (κ3) is 4.84. The van der Waals surface area contributed by atoms with E-state index in [1.165, 1.54) is 7.11 Å². The minimum absolute atomic E-state index is 0.0847. The van der Waals surface area contributed by atoms with Gasteiger partial charge in [0.05, 0.1) is 6.21 Å². The van der Waals surface area contributed by atoms with E-state index in [-0.39, 0.29) is 11.9 Å². The Bertz CT molecular complexity index is 669. The summed E-state index contributed by atoms with van der Waals surface area (Å²) in [5.74, 6) is -0.0847. The van der Waals surface area contributed by atoms with Crippen LogP contribution in [0.3, 0.4) is 0 Å². The van der Waals surface area contributed by atoms with Crippen molar-refractivity contribution in [1.29, 1.82) is 0 Å². The average molecular weight is 325 g/mol. The second kappa shape index (κ2) is 8.72. The molecule has 0 spiro atoms. The Morgan fingerprint density at radius 3 is 2.50 bits per heavy atom. The Kier molecular flexibility index (Phi) is 6.37. The van der Waals surface area contributed by atoms with Crippen LogP contribution in [-0.2, 0) is 4.84 Å². The molecule has 5 nitrogen and oxygen atoms in total. The highest BCUT2D eigenvalue weighted by molar-refractivity contribution is 5.95. The monoisotopic (exact) mass is 325 g/mol. The number of likely N-dealkylation sites (N-methyl/N-ethyl adjacent to an activating group) is 1. The summed E-state index contributed by atoms with van der Waals surface area (Å²) >= 11 is 0. The maximum absolute atomic E-state index is 12.2. The van der Waals surface area contributed by atoms with Gasteiger partial charge in [-0.1, -0.05) is 35.5 Å². The van der Waals surface area contributed by atoms with E-state index in [0.717, 1.165) is 11.3 Å². The maximum Gasteiger partial charge on any atom is 0.251 e. The molecular weight excluding hydrogens is 302 g/mol. The lowest BCUT2D eigenvalue weighted by atomic mass is 10.1. The molecule has 1 N–H and O–H groups in total. The normalized spacial score (nSPS) is 12.0. The van der Waals surface area contributed by atoms with Crippen LogP contribution in [0, 0.1) is 0 Å². The summed E-state index contributed by atoms with van der Waals surface area (Å²) in [6.07, 6.45) is 1.60. The molecule has 2 aromatic rings. The summed E-state index contributed by atoms with van der Waals surface area (Å²) in [5, 5.41) is 6.67. The number of benzene rings is 2. The lowest BCUT2D eigenvalue weighted by Crippen LogP contribution is -2.40. The highest BCUT2D eigenvalue weighted by atomic mass is 16.6. The highest BCUT2D eigenvalue weighted by Crippen LogP contribution is 2.13. The number of hydrogen-bond donors (Lipinski definition) is 1. The summed E-state index contributed by atoms with van der Waals surface area (Å²) in [4.78, 5) is 19.0. The Labute approximate surface area is 142 Å². The number of rotatable bonds is 7. The fraction of sp³-hybridized carbons (Fsp3) is 0.263. The molecule has 0 radical (unpaired) electrons. The van der Waals surface area contributed by atoms with Gasteiger partial charge < -0.3 is 15.1 Å².